The van der Waals surface area contributed by atoms with Crippen LogP contribution in [0.5, 0.6) is 0 Å². The summed E-state index contributed by atoms with van der Waals surface area (Å²) in [7, 11) is 1.36. The quantitative estimate of drug-likeness (QED) is 0.382. The van der Waals surface area contributed by atoms with Crippen molar-refractivity contribution in [2.24, 2.45) is 0 Å². The van der Waals surface area contributed by atoms with Gasteiger partial charge < -0.3 is 0 Å². The van der Waals surface area contributed by atoms with Crippen LogP contribution in [0, 0.1) is 0 Å². The van der Waals surface area contributed by atoms with Crippen LogP contribution in [0.15, 0.2) is 0 Å². The molecule has 0 aromatic carbocycles. The lowest BCUT2D eigenvalue weighted by Gasteiger charge is -2.15. The van der Waals surface area contributed by atoms with Gasteiger partial charge in [-0.2, -0.15) is 0 Å². The zero-order valence-corrected chi connectivity index (χ0v) is 7.22. The summed E-state index contributed by atoms with van der Waals surface area (Å²) in [5.41, 5.74) is 0. The van der Waals surface area contributed by atoms with Crippen molar-refractivity contribution in [3.63, 3.8) is 0 Å². The maximum absolute atomic E-state index is 2.33. The van der Waals surface area contributed by atoms with Crippen molar-refractivity contribution in [2.75, 3.05) is 18.8 Å². The SMILES string of the molecule is CS(C)(C)[SiH3]. The first kappa shape index (κ1) is 5.57. The molecule has 0 aromatic heterocycles. The lowest BCUT2D eigenvalue weighted by Crippen LogP contribution is -1.85. The first-order valence-electron chi connectivity index (χ1n) is 1.63. The summed E-state index contributed by atoms with van der Waals surface area (Å²) in [4.78, 5) is 0. The molecule has 2 heteroatoms. The third kappa shape index (κ3) is 93.6. The third-order valence-corrected chi connectivity index (χ3v) is 0. The van der Waals surface area contributed by atoms with Gasteiger partial charge in [0.15, 0.2) is 0 Å². The van der Waals surface area contributed by atoms with Crippen molar-refractivity contribution in [1.29, 1.82) is 0 Å². The molecule has 5 heavy (non-hydrogen) atoms. The normalized spacial score (nSPS) is 15.8. The highest BCUT2D eigenvalue weighted by Gasteiger charge is 1.86. The van der Waals surface area contributed by atoms with Gasteiger partial charge in [0.25, 0.3) is 0 Å². The molecule has 0 amide bonds. The van der Waals surface area contributed by atoms with Gasteiger partial charge in [-0.05, 0) is 18.8 Å². The maximum atomic E-state index is 2.33. The van der Waals surface area contributed by atoms with Crippen molar-refractivity contribution in [3.8, 4) is 0 Å². The van der Waals surface area contributed by atoms with E-state index >= 15 is 0 Å². The van der Waals surface area contributed by atoms with Gasteiger partial charge >= 0.3 is 0 Å². The molecule has 0 fully saturated rings. The number of hydrogen-bond donors (Lipinski definition) is 0. The first-order chi connectivity index (χ1) is 2.00. The Kier molecular flexibility index (Phi) is 1.50. The Hall–Kier alpha value is 0.567. The van der Waals surface area contributed by atoms with Crippen molar-refractivity contribution in [1.82, 2.24) is 0 Å². The molecule has 0 aliphatic heterocycles. The van der Waals surface area contributed by atoms with Crippen molar-refractivity contribution in [2.45, 2.75) is 0 Å². The highest BCUT2D eigenvalue weighted by atomic mass is 32.4. The predicted molar refractivity (Wildman–Crippen MR) is 35.3 cm³/mol. The van der Waals surface area contributed by atoms with E-state index in [2.05, 4.69) is 18.8 Å². The first-order valence-corrected chi connectivity index (χ1v) is 7.35. The summed E-state index contributed by atoms with van der Waals surface area (Å²) in [6.45, 7) is 0. The second-order valence-corrected chi connectivity index (χ2v) is 14.7. The van der Waals surface area contributed by atoms with Gasteiger partial charge in [-0.25, -0.2) is 0 Å². The summed E-state index contributed by atoms with van der Waals surface area (Å²) in [6.07, 6.45) is 7.00. The van der Waals surface area contributed by atoms with Crippen LogP contribution >= 0.6 is 9.48 Å². The summed E-state index contributed by atoms with van der Waals surface area (Å²) in [5, 5.41) is 0. The molecule has 0 atom stereocenters. The Labute approximate surface area is 38.3 Å². The minimum absolute atomic E-state index is 0.0278. The fraction of sp³-hybridized carbons (Fsp3) is 1.00. The minimum Gasteiger partial charge on any atom is -0.270 e. The topological polar surface area (TPSA) is 0 Å². The zero-order valence-electron chi connectivity index (χ0n) is 4.41. The van der Waals surface area contributed by atoms with Crippen molar-refractivity contribution in [3.05, 3.63) is 0 Å². The predicted octanol–water partition coefficient (Wildman–Crippen LogP) is -0.0392. The van der Waals surface area contributed by atoms with E-state index in [0.717, 1.165) is 0 Å². The molecule has 0 saturated heterocycles. The van der Waals surface area contributed by atoms with Crippen LogP contribution < -0.4 is 0 Å². The van der Waals surface area contributed by atoms with Gasteiger partial charge in [0.2, 0.25) is 0 Å². The fourth-order valence-electron chi connectivity index (χ4n) is 0. The lowest BCUT2D eigenvalue weighted by atomic mass is 11.9. The van der Waals surface area contributed by atoms with E-state index in [0.29, 0.717) is 0 Å². The Balaban J connectivity index is 3.02. The molecule has 0 rings (SSSR count). The Morgan fingerprint density at radius 1 is 1.20 bits per heavy atom. The standard InChI is InChI=1S/C3H12SSi/c1-4(2,3)5/h1-3,5H3. The van der Waals surface area contributed by atoms with Gasteiger partial charge in [-0.3, -0.25) is 9.48 Å². The van der Waals surface area contributed by atoms with Crippen LogP contribution in [0.2, 0.25) is 0 Å². The average molecular weight is 108 g/mol. The van der Waals surface area contributed by atoms with E-state index in [4.69, 9.17) is 0 Å². The second kappa shape index (κ2) is 1.35. The van der Waals surface area contributed by atoms with Crippen molar-refractivity contribution >= 4 is 18.9 Å². The highest BCUT2D eigenvalue weighted by Crippen LogP contribution is 2.25. The largest absolute Gasteiger partial charge is 0.270 e. The molecule has 0 aliphatic rings. The number of hydrogen-bond acceptors (Lipinski definition) is 0. The van der Waals surface area contributed by atoms with Crippen LogP contribution in [0.25, 0.3) is 0 Å². The molecule has 0 nitrogen and oxygen atoms in total. The van der Waals surface area contributed by atoms with Gasteiger partial charge in [0.05, 0.1) is 0 Å². The van der Waals surface area contributed by atoms with E-state index in [9.17, 15) is 0 Å². The van der Waals surface area contributed by atoms with Crippen LogP contribution in [0.4, 0.5) is 0 Å². The zero-order chi connectivity index (χ0) is 4.50. The Bertz CT molecular complexity index is 22.4. The smallest absolute Gasteiger partial charge is 0.0480 e. The molecular formula is C3H12SSi. The van der Waals surface area contributed by atoms with Crippen molar-refractivity contribution < 1.29 is 0 Å². The van der Waals surface area contributed by atoms with Crippen LogP contribution in [-0.4, -0.2) is 28.2 Å². The molecule has 0 saturated carbocycles. The summed E-state index contributed by atoms with van der Waals surface area (Å²) in [6, 6.07) is 0. The fourth-order valence-corrected chi connectivity index (χ4v) is 0. The monoisotopic (exact) mass is 108 g/mol. The van der Waals surface area contributed by atoms with Gasteiger partial charge in [-0.15, -0.1) is 0 Å². The van der Waals surface area contributed by atoms with Gasteiger partial charge in [0, 0.05) is 9.39 Å². The minimum atomic E-state index is -0.0278. The Morgan fingerprint density at radius 3 is 1.20 bits per heavy atom. The molecule has 0 N–H and O–H groups in total. The molecular weight excluding hydrogens is 96.2 g/mol. The molecule has 0 radical (unpaired) electrons. The van der Waals surface area contributed by atoms with E-state index in [1.807, 2.05) is 0 Å². The molecule has 0 bridgehead atoms. The highest BCUT2D eigenvalue weighted by molar-refractivity contribution is 8.48. The molecule has 0 aromatic rings. The van der Waals surface area contributed by atoms with Crippen LogP contribution in [0.3, 0.4) is 0 Å². The average Bonchev–Trinajstić information content (AvgIpc) is 0.722. The van der Waals surface area contributed by atoms with E-state index in [1.54, 1.807) is 0 Å². The Morgan fingerprint density at radius 2 is 1.20 bits per heavy atom. The van der Waals surface area contributed by atoms with Gasteiger partial charge in [-0.1, -0.05) is 0 Å². The summed E-state index contributed by atoms with van der Waals surface area (Å²) >= 11 is 0. The van der Waals surface area contributed by atoms with E-state index in [-0.39, 0.29) is 9.48 Å². The molecule has 34 valence electrons. The molecule has 0 aliphatic carbocycles. The lowest BCUT2D eigenvalue weighted by molar-refractivity contribution is 2.17. The second-order valence-electron chi connectivity index (χ2n) is 2.45. The van der Waals surface area contributed by atoms with Gasteiger partial charge in [0.1, 0.15) is 0 Å². The maximum Gasteiger partial charge on any atom is 0.0480 e. The van der Waals surface area contributed by atoms with Crippen LogP contribution in [-0.2, 0) is 0 Å². The molecule has 0 heterocycles. The molecule has 0 spiro atoms. The van der Waals surface area contributed by atoms with Crippen LogP contribution in [0.1, 0.15) is 0 Å². The summed E-state index contributed by atoms with van der Waals surface area (Å²) < 4.78 is 0. The van der Waals surface area contributed by atoms with E-state index < -0.39 is 0 Å². The molecule has 0 unspecified atom stereocenters. The summed E-state index contributed by atoms with van der Waals surface area (Å²) in [5.74, 6) is 0. The third-order valence-electron chi connectivity index (χ3n) is 0. The van der Waals surface area contributed by atoms with E-state index in [1.165, 1.54) is 9.39 Å². The number of rotatable bonds is 0.